The summed E-state index contributed by atoms with van der Waals surface area (Å²) in [5, 5.41) is 3.21. The fraction of sp³-hybridized carbons (Fsp3) is 0.667. The van der Waals surface area contributed by atoms with Crippen molar-refractivity contribution in [2.24, 2.45) is 0 Å². The molecule has 1 N–H and O–H groups in total. The van der Waals surface area contributed by atoms with Gasteiger partial charge in [-0.2, -0.15) is 0 Å². The van der Waals surface area contributed by atoms with E-state index in [9.17, 15) is 0 Å². The molecule has 0 amide bonds. The maximum absolute atomic E-state index is 5.87. The smallest absolute Gasteiger partial charge is 0.0959 e. The summed E-state index contributed by atoms with van der Waals surface area (Å²) in [6, 6.07) is 2.34. The molecule has 1 unspecified atom stereocenters. The fourth-order valence-corrected chi connectivity index (χ4v) is 3.25. The lowest BCUT2D eigenvalue weighted by Crippen LogP contribution is -2.19. The maximum atomic E-state index is 5.87. The van der Waals surface area contributed by atoms with E-state index in [0.29, 0.717) is 0 Å². The van der Waals surface area contributed by atoms with E-state index in [1.54, 1.807) is 4.88 Å². The van der Waals surface area contributed by atoms with Crippen LogP contribution in [0, 0.1) is 0 Å². The van der Waals surface area contributed by atoms with Gasteiger partial charge in [0.15, 0.2) is 0 Å². The summed E-state index contributed by atoms with van der Waals surface area (Å²) < 4.78 is 5.87. The van der Waals surface area contributed by atoms with Gasteiger partial charge in [0, 0.05) is 22.9 Å². The molecule has 3 heteroatoms. The van der Waals surface area contributed by atoms with Gasteiger partial charge in [-0.05, 0) is 37.9 Å². The summed E-state index contributed by atoms with van der Waals surface area (Å²) in [4.78, 5) is 3.04. The topological polar surface area (TPSA) is 21.3 Å². The van der Waals surface area contributed by atoms with Gasteiger partial charge >= 0.3 is 0 Å². The fourth-order valence-electron chi connectivity index (χ4n) is 2.05. The third-order valence-corrected chi connectivity index (χ3v) is 4.20. The zero-order chi connectivity index (χ0) is 10.7. The van der Waals surface area contributed by atoms with Gasteiger partial charge in [0.2, 0.25) is 0 Å². The van der Waals surface area contributed by atoms with Crippen LogP contribution >= 0.6 is 11.3 Å². The minimum absolute atomic E-state index is 0.268. The Morgan fingerprint density at radius 1 is 1.60 bits per heavy atom. The molecule has 1 aliphatic rings. The third kappa shape index (κ3) is 2.41. The molecule has 15 heavy (non-hydrogen) atoms. The first-order valence-electron chi connectivity index (χ1n) is 5.72. The molecule has 0 bridgehead atoms. The van der Waals surface area contributed by atoms with E-state index in [1.807, 2.05) is 18.4 Å². The Labute approximate surface area is 95.6 Å². The van der Waals surface area contributed by atoms with Crippen LogP contribution < -0.4 is 5.32 Å². The van der Waals surface area contributed by atoms with Crippen LogP contribution in [0.3, 0.4) is 0 Å². The Bertz CT molecular complexity index is 321. The molecular formula is C12H19NOS. The van der Waals surface area contributed by atoms with Crippen LogP contribution in [0.5, 0.6) is 0 Å². The van der Waals surface area contributed by atoms with Crippen molar-refractivity contribution in [2.45, 2.75) is 32.3 Å². The lowest BCUT2D eigenvalue weighted by molar-refractivity contribution is 0.0579. The zero-order valence-corrected chi connectivity index (χ0v) is 10.3. The number of hydrogen-bond donors (Lipinski definition) is 1. The first-order chi connectivity index (χ1) is 7.35. The molecule has 0 radical (unpaired) electrons. The van der Waals surface area contributed by atoms with Crippen LogP contribution in [0.15, 0.2) is 6.07 Å². The number of nitrogens with one attached hydrogen (secondary N) is 1. The highest BCUT2D eigenvalue weighted by Crippen LogP contribution is 2.33. The SMILES string of the molecule is CCc1cc2c(s1)CCCOC2CNC. The second-order valence-corrected chi connectivity index (χ2v) is 5.19. The van der Waals surface area contributed by atoms with Crippen molar-refractivity contribution in [3.8, 4) is 0 Å². The van der Waals surface area contributed by atoms with Gasteiger partial charge in [-0.25, -0.2) is 0 Å². The minimum atomic E-state index is 0.268. The van der Waals surface area contributed by atoms with Gasteiger partial charge in [0.25, 0.3) is 0 Å². The Morgan fingerprint density at radius 2 is 2.47 bits per heavy atom. The average molecular weight is 225 g/mol. The molecule has 2 rings (SSSR count). The molecule has 0 spiro atoms. The molecular weight excluding hydrogens is 206 g/mol. The lowest BCUT2D eigenvalue weighted by Gasteiger charge is -2.14. The molecule has 0 saturated carbocycles. The first kappa shape index (κ1) is 11.1. The van der Waals surface area contributed by atoms with Crippen LogP contribution in [0.25, 0.3) is 0 Å². The van der Waals surface area contributed by atoms with Crippen molar-refractivity contribution in [3.05, 3.63) is 21.4 Å². The van der Waals surface area contributed by atoms with Crippen molar-refractivity contribution in [1.29, 1.82) is 0 Å². The van der Waals surface area contributed by atoms with Crippen molar-refractivity contribution < 1.29 is 4.74 Å². The van der Waals surface area contributed by atoms with Crippen LogP contribution in [-0.2, 0) is 17.6 Å². The van der Waals surface area contributed by atoms with Gasteiger partial charge in [0.05, 0.1) is 6.10 Å². The quantitative estimate of drug-likeness (QED) is 0.853. The summed E-state index contributed by atoms with van der Waals surface area (Å²) in [5.74, 6) is 0. The van der Waals surface area contributed by atoms with Gasteiger partial charge in [-0.1, -0.05) is 6.92 Å². The Balaban J connectivity index is 2.26. The number of thiophene rings is 1. The monoisotopic (exact) mass is 225 g/mol. The van der Waals surface area contributed by atoms with Crippen LogP contribution in [0.4, 0.5) is 0 Å². The molecule has 2 nitrogen and oxygen atoms in total. The van der Waals surface area contributed by atoms with Crippen molar-refractivity contribution in [1.82, 2.24) is 5.32 Å². The Kier molecular flexibility index (Phi) is 3.78. The molecule has 1 aromatic rings. The van der Waals surface area contributed by atoms with E-state index in [1.165, 1.54) is 16.9 Å². The van der Waals surface area contributed by atoms with E-state index in [2.05, 4.69) is 18.3 Å². The van der Waals surface area contributed by atoms with E-state index in [-0.39, 0.29) is 6.10 Å². The zero-order valence-electron chi connectivity index (χ0n) is 9.51. The largest absolute Gasteiger partial charge is 0.372 e. The standard InChI is InChI=1S/C12H19NOS/c1-3-9-7-10-11(8-13-2)14-6-4-5-12(10)15-9/h7,11,13H,3-6,8H2,1-2H3. The molecule has 1 aliphatic heterocycles. The number of hydrogen-bond acceptors (Lipinski definition) is 3. The average Bonchev–Trinajstić information content (AvgIpc) is 2.58. The summed E-state index contributed by atoms with van der Waals surface area (Å²) >= 11 is 1.97. The number of rotatable bonds is 3. The molecule has 0 aromatic carbocycles. The summed E-state index contributed by atoms with van der Waals surface area (Å²) in [7, 11) is 1.99. The van der Waals surface area contributed by atoms with E-state index in [4.69, 9.17) is 4.74 Å². The van der Waals surface area contributed by atoms with E-state index >= 15 is 0 Å². The second kappa shape index (κ2) is 5.10. The highest BCUT2D eigenvalue weighted by atomic mass is 32.1. The second-order valence-electron chi connectivity index (χ2n) is 3.97. The molecule has 1 atom stereocenters. The molecule has 1 aromatic heterocycles. The van der Waals surface area contributed by atoms with Gasteiger partial charge in [-0.15, -0.1) is 11.3 Å². The lowest BCUT2D eigenvalue weighted by atomic mass is 10.1. The molecule has 84 valence electrons. The van der Waals surface area contributed by atoms with Gasteiger partial charge < -0.3 is 10.1 Å². The summed E-state index contributed by atoms with van der Waals surface area (Å²) in [5.41, 5.74) is 1.43. The molecule has 0 aliphatic carbocycles. The Hall–Kier alpha value is -0.380. The number of aryl methyl sites for hydroxylation is 2. The number of likely N-dealkylation sites (N-methyl/N-ethyl adjacent to an activating group) is 1. The Morgan fingerprint density at radius 3 is 3.20 bits per heavy atom. The normalized spacial score (nSPS) is 21.1. The van der Waals surface area contributed by atoms with E-state index < -0.39 is 0 Å². The van der Waals surface area contributed by atoms with Crippen molar-refractivity contribution in [3.63, 3.8) is 0 Å². The third-order valence-electron chi connectivity index (χ3n) is 2.84. The predicted molar refractivity (Wildman–Crippen MR) is 64.6 cm³/mol. The predicted octanol–water partition coefficient (Wildman–Crippen LogP) is 2.53. The highest BCUT2D eigenvalue weighted by molar-refractivity contribution is 7.12. The van der Waals surface area contributed by atoms with E-state index in [0.717, 1.165) is 26.0 Å². The summed E-state index contributed by atoms with van der Waals surface area (Å²) in [6.07, 6.45) is 3.77. The molecule has 0 saturated heterocycles. The van der Waals surface area contributed by atoms with Crippen LogP contribution in [0.1, 0.15) is 34.8 Å². The van der Waals surface area contributed by atoms with Crippen LogP contribution in [0.2, 0.25) is 0 Å². The molecule has 0 fully saturated rings. The van der Waals surface area contributed by atoms with Crippen molar-refractivity contribution >= 4 is 11.3 Å². The van der Waals surface area contributed by atoms with Gasteiger partial charge in [-0.3, -0.25) is 0 Å². The minimum Gasteiger partial charge on any atom is -0.372 e. The first-order valence-corrected chi connectivity index (χ1v) is 6.54. The highest BCUT2D eigenvalue weighted by Gasteiger charge is 2.20. The summed E-state index contributed by atoms with van der Waals surface area (Å²) in [6.45, 7) is 4.04. The number of fused-ring (bicyclic) bond motifs is 1. The van der Waals surface area contributed by atoms with Crippen LogP contribution in [-0.4, -0.2) is 20.2 Å². The molecule has 2 heterocycles. The maximum Gasteiger partial charge on any atom is 0.0959 e. The number of ether oxygens (including phenoxy) is 1. The van der Waals surface area contributed by atoms with Gasteiger partial charge in [0.1, 0.15) is 0 Å². The van der Waals surface area contributed by atoms with Crippen molar-refractivity contribution in [2.75, 3.05) is 20.2 Å².